The third kappa shape index (κ3) is 3.43. The van der Waals surface area contributed by atoms with Gasteiger partial charge in [0, 0.05) is 11.9 Å². The summed E-state index contributed by atoms with van der Waals surface area (Å²) in [4.78, 5) is 30.9. The van der Waals surface area contributed by atoms with Crippen molar-refractivity contribution in [3.05, 3.63) is 76.9 Å². The van der Waals surface area contributed by atoms with Crippen LogP contribution in [-0.2, 0) is 0 Å². The monoisotopic (exact) mass is 376 g/mol. The van der Waals surface area contributed by atoms with Gasteiger partial charge in [0.25, 0.3) is 5.91 Å². The van der Waals surface area contributed by atoms with Crippen LogP contribution in [0.25, 0.3) is 11.1 Å². The number of hydrogen-bond donors (Lipinski definition) is 3. The summed E-state index contributed by atoms with van der Waals surface area (Å²) in [6.45, 7) is 0. The number of nitrogens with zero attached hydrogens (tertiary/aromatic N) is 1. The molecule has 0 atom stereocenters. The molecule has 0 aliphatic heterocycles. The smallest absolute Gasteiger partial charge is 0.417 e. The summed E-state index contributed by atoms with van der Waals surface area (Å²) in [5.41, 5.74) is 2.48. The number of aromatic amines is 1. The van der Waals surface area contributed by atoms with E-state index in [4.69, 9.17) is 9.15 Å². The second-order valence-corrected chi connectivity index (χ2v) is 5.90. The lowest BCUT2D eigenvalue weighted by molar-refractivity contribution is 0.102. The van der Waals surface area contributed by atoms with Gasteiger partial charge in [-0.2, -0.15) is 0 Å². The largest absolute Gasteiger partial charge is 0.495 e. The van der Waals surface area contributed by atoms with Gasteiger partial charge in [0.1, 0.15) is 11.6 Å². The molecular weight excluding hydrogens is 360 g/mol. The first-order valence-corrected chi connectivity index (χ1v) is 8.43. The molecule has 2 aromatic carbocycles. The molecule has 0 saturated heterocycles. The number of H-pyrrole nitrogens is 1. The first kappa shape index (κ1) is 17.3. The number of methoxy groups -OCH3 is 1. The fourth-order valence-corrected chi connectivity index (χ4v) is 2.79. The maximum absolute atomic E-state index is 12.8. The number of para-hydroxylation sites is 2. The molecule has 0 saturated carbocycles. The van der Waals surface area contributed by atoms with Crippen LogP contribution in [0.3, 0.4) is 0 Å². The van der Waals surface area contributed by atoms with Gasteiger partial charge in [0.15, 0.2) is 5.58 Å². The van der Waals surface area contributed by atoms with E-state index in [2.05, 4.69) is 20.6 Å². The predicted molar refractivity (Wildman–Crippen MR) is 105 cm³/mol. The van der Waals surface area contributed by atoms with Crippen LogP contribution >= 0.6 is 0 Å². The van der Waals surface area contributed by atoms with E-state index in [0.29, 0.717) is 39.6 Å². The molecule has 0 aliphatic rings. The third-order valence-electron chi connectivity index (χ3n) is 4.09. The Balaban J connectivity index is 1.61. The lowest BCUT2D eigenvalue weighted by atomic mass is 10.2. The maximum Gasteiger partial charge on any atom is 0.417 e. The van der Waals surface area contributed by atoms with Crippen molar-refractivity contribution >= 4 is 34.2 Å². The molecular formula is C20H16N4O4. The van der Waals surface area contributed by atoms with Gasteiger partial charge in [0.2, 0.25) is 0 Å². The molecule has 140 valence electrons. The summed E-state index contributed by atoms with van der Waals surface area (Å²) < 4.78 is 10.3. The van der Waals surface area contributed by atoms with E-state index in [9.17, 15) is 9.59 Å². The van der Waals surface area contributed by atoms with Gasteiger partial charge in [0.05, 0.1) is 23.9 Å². The molecule has 2 aromatic heterocycles. The summed E-state index contributed by atoms with van der Waals surface area (Å²) in [7, 11) is 1.57. The second kappa shape index (κ2) is 7.28. The average Bonchev–Trinajstić information content (AvgIpc) is 3.08. The normalized spacial score (nSPS) is 10.6. The standard InChI is InChI=1S/C20H16N4O4/c1-27-16-7-3-2-6-14(16)23-18-13(5-4-10-21-18)19(25)22-12-8-9-17-15(11-12)24-20(26)28-17/h2-11H,1H3,(H,21,23)(H,22,25)(H,24,26). The number of carbonyl (C=O) groups is 1. The molecule has 4 rings (SSSR count). The Kier molecular flexibility index (Phi) is 4.51. The third-order valence-corrected chi connectivity index (χ3v) is 4.09. The quantitative estimate of drug-likeness (QED) is 0.492. The highest BCUT2D eigenvalue weighted by Crippen LogP contribution is 2.28. The van der Waals surface area contributed by atoms with Crippen LogP contribution < -0.4 is 21.1 Å². The molecule has 4 aromatic rings. The summed E-state index contributed by atoms with van der Waals surface area (Å²) in [5.74, 6) is 0.126. The van der Waals surface area contributed by atoms with Crippen LogP contribution in [0.2, 0.25) is 0 Å². The van der Waals surface area contributed by atoms with Gasteiger partial charge in [-0.15, -0.1) is 0 Å². The summed E-state index contributed by atoms with van der Waals surface area (Å²) in [6, 6.07) is 15.6. The van der Waals surface area contributed by atoms with Crippen molar-refractivity contribution < 1.29 is 13.9 Å². The van der Waals surface area contributed by atoms with E-state index in [1.54, 1.807) is 43.6 Å². The Bertz CT molecular complexity index is 1210. The highest BCUT2D eigenvalue weighted by Gasteiger charge is 2.15. The fraction of sp³-hybridized carbons (Fsp3) is 0.0500. The number of fused-ring (bicyclic) bond motifs is 1. The molecule has 8 nitrogen and oxygen atoms in total. The number of nitrogens with one attached hydrogen (secondary N) is 3. The molecule has 3 N–H and O–H groups in total. The van der Waals surface area contributed by atoms with Crippen molar-refractivity contribution in [1.82, 2.24) is 9.97 Å². The number of pyridine rings is 1. The SMILES string of the molecule is COc1ccccc1Nc1ncccc1C(=O)Nc1ccc2oc(=O)[nH]c2c1. The number of aromatic nitrogens is 2. The summed E-state index contributed by atoms with van der Waals surface area (Å²) in [6.07, 6.45) is 1.59. The van der Waals surface area contributed by atoms with Crippen LogP contribution in [0.1, 0.15) is 10.4 Å². The van der Waals surface area contributed by atoms with Crippen molar-refractivity contribution in [2.45, 2.75) is 0 Å². The van der Waals surface area contributed by atoms with E-state index < -0.39 is 5.76 Å². The number of oxazole rings is 1. The van der Waals surface area contributed by atoms with Crippen LogP contribution in [0.5, 0.6) is 5.75 Å². The number of carbonyl (C=O) groups excluding carboxylic acids is 1. The Morgan fingerprint density at radius 3 is 2.86 bits per heavy atom. The van der Waals surface area contributed by atoms with Gasteiger partial charge < -0.3 is 19.8 Å². The summed E-state index contributed by atoms with van der Waals surface area (Å²) in [5, 5.41) is 5.93. The lowest BCUT2D eigenvalue weighted by Gasteiger charge is -2.13. The van der Waals surface area contributed by atoms with Gasteiger partial charge in [-0.1, -0.05) is 12.1 Å². The van der Waals surface area contributed by atoms with E-state index in [-0.39, 0.29) is 5.91 Å². The Morgan fingerprint density at radius 1 is 1.14 bits per heavy atom. The van der Waals surface area contributed by atoms with Gasteiger partial charge in [-0.05, 0) is 42.5 Å². The fourth-order valence-electron chi connectivity index (χ4n) is 2.79. The van der Waals surface area contributed by atoms with Crippen LogP contribution in [-0.4, -0.2) is 23.0 Å². The number of rotatable bonds is 5. The minimum atomic E-state index is -0.547. The zero-order valence-electron chi connectivity index (χ0n) is 14.9. The van der Waals surface area contributed by atoms with Crippen molar-refractivity contribution in [3.8, 4) is 5.75 Å². The Hall–Kier alpha value is -4.07. The van der Waals surface area contributed by atoms with E-state index in [0.717, 1.165) is 0 Å². The number of benzene rings is 2. The van der Waals surface area contributed by atoms with Crippen molar-refractivity contribution in [1.29, 1.82) is 0 Å². The maximum atomic E-state index is 12.8. The van der Waals surface area contributed by atoms with E-state index in [1.165, 1.54) is 0 Å². The zero-order valence-corrected chi connectivity index (χ0v) is 14.9. The minimum absolute atomic E-state index is 0.351. The molecule has 1 amide bonds. The molecule has 0 radical (unpaired) electrons. The molecule has 0 spiro atoms. The minimum Gasteiger partial charge on any atom is -0.495 e. The van der Waals surface area contributed by atoms with Gasteiger partial charge >= 0.3 is 5.76 Å². The molecule has 0 unspecified atom stereocenters. The summed E-state index contributed by atoms with van der Waals surface area (Å²) >= 11 is 0. The predicted octanol–water partition coefficient (Wildman–Crippen LogP) is 3.52. The molecule has 2 heterocycles. The molecule has 8 heteroatoms. The van der Waals surface area contributed by atoms with Gasteiger partial charge in [-0.25, -0.2) is 9.78 Å². The molecule has 0 aliphatic carbocycles. The first-order valence-electron chi connectivity index (χ1n) is 8.43. The van der Waals surface area contributed by atoms with Crippen LogP contribution in [0.4, 0.5) is 17.2 Å². The number of amides is 1. The van der Waals surface area contributed by atoms with Crippen molar-refractivity contribution in [2.75, 3.05) is 17.7 Å². The molecule has 0 fully saturated rings. The lowest BCUT2D eigenvalue weighted by Crippen LogP contribution is -2.14. The van der Waals surface area contributed by atoms with E-state index in [1.807, 2.05) is 24.3 Å². The topological polar surface area (TPSA) is 109 Å². The number of ether oxygens (including phenoxy) is 1. The average molecular weight is 376 g/mol. The highest BCUT2D eigenvalue weighted by molar-refractivity contribution is 6.08. The van der Waals surface area contributed by atoms with Crippen molar-refractivity contribution in [3.63, 3.8) is 0 Å². The highest BCUT2D eigenvalue weighted by atomic mass is 16.5. The van der Waals surface area contributed by atoms with Crippen molar-refractivity contribution in [2.24, 2.45) is 0 Å². The van der Waals surface area contributed by atoms with E-state index >= 15 is 0 Å². The number of hydrogen-bond acceptors (Lipinski definition) is 6. The Labute approximate surface area is 159 Å². The Morgan fingerprint density at radius 2 is 2.00 bits per heavy atom. The van der Waals surface area contributed by atoms with Gasteiger partial charge in [-0.3, -0.25) is 9.78 Å². The zero-order chi connectivity index (χ0) is 19.5. The second-order valence-electron chi connectivity index (χ2n) is 5.90. The van der Waals surface area contributed by atoms with Crippen LogP contribution in [0, 0.1) is 0 Å². The van der Waals surface area contributed by atoms with Crippen LogP contribution in [0.15, 0.2) is 70.0 Å². The molecule has 0 bridgehead atoms. The first-order chi connectivity index (χ1) is 13.6. The molecule has 28 heavy (non-hydrogen) atoms. The number of anilines is 3.